The lowest BCUT2D eigenvalue weighted by molar-refractivity contribution is -0.257. The van der Waals surface area contributed by atoms with Gasteiger partial charge in [0, 0.05) is 12.0 Å². The molecule has 1 aliphatic heterocycles. The summed E-state index contributed by atoms with van der Waals surface area (Å²) in [5.41, 5.74) is 2.41. The van der Waals surface area contributed by atoms with Crippen molar-refractivity contribution in [2.45, 2.75) is 52.2 Å². The molecule has 3 nitrogen and oxygen atoms in total. The van der Waals surface area contributed by atoms with Crippen LogP contribution in [0.2, 0.25) is 0 Å². The molecule has 21 heavy (non-hydrogen) atoms. The van der Waals surface area contributed by atoms with Crippen LogP contribution >= 0.6 is 0 Å². The monoisotopic (exact) mass is 289 g/mol. The van der Waals surface area contributed by atoms with Crippen molar-refractivity contribution in [3.05, 3.63) is 42.0 Å². The van der Waals surface area contributed by atoms with Crippen LogP contribution in [0.3, 0.4) is 0 Å². The molecule has 2 rings (SSSR count). The number of rotatable bonds is 4. The summed E-state index contributed by atoms with van der Waals surface area (Å²) >= 11 is 0. The highest BCUT2D eigenvalue weighted by atomic mass is 16.7. The van der Waals surface area contributed by atoms with Crippen molar-refractivity contribution in [1.29, 1.82) is 0 Å². The molecule has 0 spiro atoms. The van der Waals surface area contributed by atoms with Gasteiger partial charge in [-0.15, -0.1) is 0 Å². The van der Waals surface area contributed by atoms with E-state index in [4.69, 9.17) is 9.47 Å². The lowest BCUT2D eigenvalue weighted by atomic mass is 9.87. The van der Waals surface area contributed by atoms with Gasteiger partial charge in [0.1, 0.15) is 6.23 Å². The van der Waals surface area contributed by atoms with Gasteiger partial charge in [-0.2, -0.15) is 0 Å². The first kappa shape index (κ1) is 16.2. The van der Waals surface area contributed by atoms with Crippen LogP contribution in [0.1, 0.15) is 51.0 Å². The fraction of sp³-hybridized carbons (Fsp3) is 0.556. The Morgan fingerprint density at radius 3 is 2.43 bits per heavy atom. The van der Waals surface area contributed by atoms with Crippen LogP contribution < -0.4 is 5.32 Å². The molecule has 0 aliphatic carbocycles. The summed E-state index contributed by atoms with van der Waals surface area (Å²) in [6.45, 7) is 10.5. The maximum absolute atomic E-state index is 6.17. The third-order valence-electron chi connectivity index (χ3n) is 3.69. The van der Waals surface area contributed by atoms with E-state index in [1.807, 2.05) is 37.4 Å². The lowest BCUT2D eigenvalue weighted by Gasteiger charge is -2.38. The summed E-state index contributed by atoms with van der Waals surface area (Å²) in [5.74, 6) is 0. The fourth-order valence-corrected chi connectivity index (χ4v) is 2.65. The van der Waals surface area contributed by atoms with E-state index in [0.29, 0.717) is 0 Å². The summed E-state index contributed by atoms with van der Waals surface area (Å²) < 4.78 is 12.1. The number of ether oxygens (including phenoxy) is 2. The van der Waals surface area contributed by atoms with Gasteiger partial charge < -0.3 is 9.47 Å². The van der Waals surface area contributed by atoms with Gasteiger partial charge in [-0.05, 0) is 24.4 Å². The van der Waals surface area contributed by atoms with Gasteiger partial charge in [-0.1, -0.05) is 57.7 Å². The second-order valence-electron chi connectivity index (χ2n) is 6.87. The molecule has 1 aromatic carbocycles. The van der Waals surface area contributed by atoms with E-state index in [0.717, 1.165) is 24.0 Å². The van der Waals surface area contributed by atoms with Crippen LogP contribution in [0, 0.1) is 5.41 Å². The van der Waals surface area contributed by atoms with Crippen molar-refractivity contribution >= 4 is 6.08 Å². The molecule has 1 heterocycles. The second-order valence-corrected chi connectivity index (χ2v) is 6.87. The van der Waals surface area contributed by atoms with Crippen LogP contribution in [0.5, 0.6) is 0 Å². The van der Waals surface area contributed by atoms with Crippen molar-refractivity contribution in [3.63, 3.8) is 0 Å². The third-order valence-corrected chi connectivity index (χ3v) is 3.69. The summed E-state index contributed by atoms with van der Waals surface area (Å²) in [4.78, 5) is 0. The van der Waals surface area contributed by atoms with E-state index in [1.165, 1.54) is 0 Å². The van der Waals surface area contributed by atoms with Crippen LogP contribution in [0.4, 0.5) is 0 Å². The summed E-state index contributed by atoms with van der Waals surface area (Å²) in [6, 6.07) is 8.18. The first-order valence-corrected chi connectivity index (χ1v) is 7.62. The smallest absolute Gasteiger partial charge is 0.186 e. The molecule has 1 fully saturated rings. The molecule has 0 amide bonds. The van der Waals surface area contributed by atoms with E-state index < -0.39 is 0 Å². The van der Waals surface area contributed by atoms with Gasteiger partial charge in [0.05, 0.1) is 6.10 Å². The third kappa shape index (κ3) is 4.67. The van der Waals surface area contributed by atoms with Gasteiger partial charge in [0.2, 0.25) is 0 Å². The minimum absolute atomic E-state index is 0.0372. The molecular formula is C18H27NO2. The van der Waals surface area contributed by atoms with Crippen molar-refractivity contribution in [3.8, 4) is 0 Å². The van der Waals surface area contributed by atoms with Gasteiger partial charge >= 0.3 is 0 Å². The molecule has 0 aromatic heterocycles. The molecule has 1 aliphatic rings. The van der Waals surface area contributed by atoms with Gasteiger partial charge in [-0.25, -0.2) is 0 Å². The largest absolute Gasteiger partial charge is 0.345 e. The topological polar surface area (TPSA) is 30.5 Å². The van der Waals surface area contributed by atoms with E-state index >= 15 is 0 Å². The molecule has 0 saturated carbocycles. The summed E-state index contributed by atoms with van der Waals surface area (Å²) in [7, 11) is 1.93. The predicted molar refractivity (Wildman–Crippen MR) is 86.8 cm³/mol. The molecular weight excluding hydrogens is 262 g/mol. The highest BCUT2D eigenvalue weighted by molar-refractivity contribution is 5.47. The molecule has 3 atom stereocenters. The Hall–Kier alpha value is -1.16. The molecule has 3 heteroatoms. The van der Waals surface area contributed by atoms with E-state index in [9.17, 15) is 0 Å². The molecule has 0 bridgehead atoms. The molecule has 0 radical (unpaired) electrons. The second kappa shape index (κ2) is 6.73. The Kier molecular flexibility index (Phi) is 5.20. The van der Waals surface area contributed by atoms with Crippen molar-refractivity contribution in [2.75, 3.05) is 7.05 Å². The molecule has 1 N–H and O–H groups in total. The SMILES string of the molecule is C=Cc1ccc(C2OC(CC(C)(C)C)CC(NC)O2)cc1. The highest BCUT2D eigenvalue weighted by Gasteiger charge is 2.32. The zero-order chi connectivity index (χ0) is 15.5. The summed E-state index contributed by atoms with van der Waals surface area (Å²) in [6.07, 6.45) is 3.69. The van der Waals surface area contributed by atoms with E-state index in [1.54, 1.807) is 0 Å². The number of hydrogen-bond donors (Lipinski definition) is 1. The Bertz CT molecular complexity index is 461. The van der Waals surface area contributed by atoms with Gasteiger partial charge in [-0.3, -0.25) is 5.32 Å². The van der Waals surface area contributed by atoms with Crippen LogP contribution in [0.15, 0.2) is 30.8 Å². The Labute approximate surface area is 128 Å². The first-order valence-electron chi connectivity index (χ1n) is 7.62. The van der Waals surface area contributed by atoms with Crippen molar-refractivity contribution in [1.82, 2.24) is 5.32 Å². The lowest BCUT2D eigenvalue weighted by Crippen LogP contribution is -2.41. The summed E-state index contributed by atoms with van der Waals surface area (Å²) in [5, 5.41) is 3.22. The Morgan fingerprint density at radius 2 is 1.90 bits per heavy atom. The van der Waals surface area contributed by atoms with Gasteiger partial charge in [0.15, 0.2) is 6.29 Å². The quantitative estimate of drug-likeness (QED) is 0.904. The highest BCUT2D eigenvalue weighted by Crippen LogP contribution is 2.34. The minimum Gasteiger partial charge on any atom is -0.345 e. The van der Waals surface area contributed by atoms with Crippen LogP contribution in [0.25, 0.3) is 6.08 Å². The average Bonchev–Trinajstić information content (AvgIpc) is 2.45. The van der Waals surface area contributed by atoms with Crippen LogP contribution in [-0.4, -0.2) is 19.4 Å². The Balaban J connectivity index is 2.11. The zero-order valence-corrected chi connectivity index (χ0v) is 13.6. The molecule has 1 saturated heterocycles. The standard InChI is InChI=1S/C18H27NO2/c1-6-13-7-9-14(10-8-13)17-20-15(12-18(2,3)4)11-16(19-5)21-17/h6-10,15-17,19H,1,11-12H2,2-5H3. The zero-order valence-electron chi connectivity index (χ0n) is 13.6. The number of hydrogen-bond acceptors (Lipinski definition) is 3. The van der Waals surface area contributed by atoms with Crippen molar-refractivity contribution < 1.29 is 9.47 Å². The normalized spacial score (nSPS) is 26.6. The van der Waals surface area contributed by atoms with E-state index in [-0.39, 0.29) is 24.0 Å². The Morgan fingerprint density at radius 1 is 1.24 bits per heavy atom. The maximum Gasteiger partial charge on any atom is 0.186 e. The minimum atomic E-state index is -0.303. The molecule has 1 aromatic rings. The van der Waals surface area contributed by atoms with Crippen molar-refractivity contribution in [2.24, 2.45) is 5.41 Å². The fourth-order valence-electron chi connectivity index (χ4n) is 2.65. The van der Waals surface area contributed by atoms with Gasteiger partial charge in [0.25, 0.3) is 0 Å². The number of benzene rings is 1. The maximum atomic E-state index is 6.17. The van der Waals surface area contributed by atoms with Crippen LogP contribution in [-0.2, 0) is 9.47 Å². The van der Waals surface area contributed by atoms with E-state index in [2.05, 4.69) is 32.7 Å². The average molecular weight is 289 g/mol. The molecule has 3 unspecified atom stereocenters. The first-order chi connectivity index (χ1) is 9.91. The number of nitrogens with one attached hydrogen (secondary N) is 1. The molecule has 116 valence electrons. The predicted octanol–water partition coefficient (Wildman–Crippen LogP) is 4.12.